The van der Waals surface area contributed by atoms with Gasteiger partial charge in [-0.05, 0) is 55.0 Å². The van der Waals surface area contributed by atoms with Crippen molar-refractivity contribution in [3.05, 3.63) is 130 Å². The van der Waals surface area contributed by atoms with E-state index in [4.69, 9.17) is 14.5 Å². The SMILES string of the molecule is Cc1ccc(NC(=O)COC(=O)c2cc(-c3ccc(OCc4ccccc4)cc3)nc3ccccc23)cc1[N+](=O)[O-]. The van der Waals surface area contributed by atoms with Crippen LogP contribution in [0.3, 0.4) is 0 Å². The van der Waals surface area contributed by atoms with Crippen LogP contribution < -0.4 is 10.1 Å². The molecular weight excluding hydrogens is 522 g/mol. The molecule has 9 heteroatoms. The second kappa shape index (κ2) is 12.1. The molecule has 1 heterocycles. The van der Waals surface area contributed by atoms with Crippen LogP contribution in [0, 0.1) is 17.0 Å². The number of pyridine rings is 1. The standard InChI is InChI=1S/C32H25N3O6/c1-21-11-14-24(17-30(21)35(38)39)33-31(36)20-41-32(37)27-18-29(34-28-10-6-5-9-26(27)28)23-12-15-25(16-13-23)40-19-22-7-3-2-4-8-22/h2-18H,19-20H2,1H3,(H,33,36). The number of carbonyl (C=O) groups is 2. The summed E-state index contributed by atoms with van der Waals surface area (Å²) in [7, 11) is 0. The molecule has 1 aromatic heterocycles. The second-order valence-corrected chi connectivity index (χ2v) is 9.25. The number of aromatic nitrogens is 1. The summed E-state index contributed by atoms with van der Waals surface area (Å²) < 4.78 is 11.2. The van der Waals surface area contributed by atoms with E-state index in [2.05, 4.69) is 5.32 Å². The number of para-hydroxylation sites is 1. The largest absolute Gasteiger partial charge is 0.489 e. The van der Waals surface area contributed by atoms with Crippen LogP contribution >= 0.6 is 0 Å². The Labute approximate surface area is 235 Å². The Bertz CT molecular complexity index is 1740. The Hall–Kier alpha value is -5.57. The highest BCUT2D eigenvalue weighted by Gasteiger charge is 2.18. The van der Waals surface area contributed by atoms with E-state index in [0.717, 1.165) is 11.1 Å². The number of carbonyl (C=O) groups excluding carboxylic acids is 2. The summed E-state index contributed by atoms with van der Waals surface area (Å²) in [5, 5.41) is 14.3. The second-order valence-electron chi connectivity index (χ2n) is 9.25. The summed E-state index contributed by atoms with van der Waals surface area (Å²) in [5.74, 6) is -0.623. The first kappa shape index (κ1) is 27.0. The number of anilines is 1. The maximum atomic E-state index is 13.1. The van der Waals surface area contributed by atoms with Gasteiger partial charge >= 0.3 is 5.97 Å². The van der Waals surface area contributed by atoms with E-state index in [1.54, 1.807) is 37.3 Å². The lowest BCUT2D eigenvalue weighted by Crippen LogP contribution is -2.21. The van der Waals surface area contributed by atoms with E-state index in [9.17, 15) is 19.7 Å². The number of esters is 1. The summed E-state index contributed by atoms with van der Waals surface area (Å²) in [5.41, 5.74) is 3.82. The van der Waals surface area contributed by atoms with E-state index < -0.39 is 23.4 Å². The van der Waals surface area contributed by atoms with Crippen molar-refractivity contribution in [3.8, 4) is 17.0 Å². The molecule has 9 nitrogen and oxygen atoms in total. The zero-order chi connectivity index (χ0) is 28.8. The number of benzene rings is 4. The van der Waals surface area contributed by atoms with Crippen LogP contribution in [0.2, 0.25) is 0 Å². The maximum Gasteiger partial charge on any atom is 0.339 e. The molecule has 0 aliphatic heterocycles. The minimum Gasteiger partial charge on any atom is -0.489 e. The van der Waals surface area contributed by atoms with Crippen molar-refractivity contribution in [2.24, 2.45) is 0 Å². The minimum absolute atomic E-state index is 0.119. The fraction of sp³-hybridized carbons (Fsp3) is 0.0938. The van der Waals surface area contributed by atoms with Crippen molar-refractivity contribution in [2.45, 2.75) is 13.5 Å². The smallest absolute Gasteiger partial charge is 0.339 e. The predicted octanol–water partition coefficient (Wildman–Crippen LogP) is 6.49. The van der Waals surface area contributed by atoms with Crippen molar-refractivity contribution in [2.75, 3.05) is 11.9 Å². The molecule has 1 N–H and O–H groups in total. The molecule has 4 aromatic carbocycles. The number of ether oxygens (including phenoxy) is 2. The maximum absolute atomic E-state index is 13.1. The first-order valence-corrected chi connectivity index (χ1v) is 12.8. The Morgan fingerprint density at radius 3 is 2.39 bits per heavy atom. The Morgan fingerprint density at radius 2 is 1.63 bits per heavy atom. The Balaban J connectivity index is 1.30. The van der Waals surface area contributed by atoms with E-state index in [1.807, 2.05) is 60.7 Å². The molecule has 1 amide bonds. The quantitative estimate of drug-likeness (QED) is 0.127. The summed E-state index contributed by atoms with van der Waals surface area (Å²) in [6, 6.07) is 30.4. The number of rotatable bonds is 9. The van der Waals surface area contributed by atoms with Crippen molar-refractivity contribution in [3.63, 3.8) is 0 Å². The number of nitrogens with zero attached hydrogens (tertiary/aromatic N) is 2. The molecule has 0 saturated carbocycles. The van der Waals surface area contributed by atoms with Crippen LogP contribution in [-0.4, -0.2) is 28.4 Å². The summed E-state index contributed by atoms with van der Waals surface area (Å²) in [6.07, 6.45) is 0. The normalized spacial score (nSPS) is 10.7. The lowest BCUT2D eigenvalue weighted by atomic mass is 10.0. The van der Waals surface area contributed by atoms with Gasteiger partial charge in [-0.3, -0.25) is 14.9 Å². The molecule has 204 valence electrons. The molecule has 0 spiro atoms. The lowest BCUT2D eigenvalue weighted by Gasteiger charge is -2.11. The van der Waals surface area contributed by atoms with E-state index in [0.29, 0.717) is 34.5 Å². The van der Waals surface area contributed by atoms with Crippen molar-refractivity contribution in [1.82, 2.24) is 4.98 Å². The van der Waals surface area contributed by atoms with Crippen LogP contribution in [0.1, 0.15) is 21.5 Å². The predicted molar refractivity (Wildman–Crippen MR) is 155 cm³/mol. The van der Waals surface area contributed by atoms with Gasteiger partial charge < -0.3 is 14.8 Å². The van der Waals surface area contributed by atoms with Gasteiger partial charge in [0.05, 0.1) is 21.7 Å². The zero-order valence-electron chi connectivity index (χ0n) is 22.1. The van der Waals surface area contributed by atoms with Gasteiger partial charge in [0.15, 0.2) is 6.61 Å². The molecular formula is C32H25N3O6. The molecule has 0 bridgehead atoms. The number of nitrogens with one attached hydrogen (secondary N) is 1. The first-order valence-electron chi connectivity index (χ1n) is 12.8. The first-order chi connectivity index (χ1) is 19.9. The number of hydrogen-bond acceptors (Lipinski definition) is 7. The fourth-order valence-corrected chi connectivity index (χ4v) is 4.24. The topological polar surface area (TPSA) is 121 Å². The van der Waals surface area contributed by atoms with Gasteiger partial charge in [-0.2, -0.15) is 0 Å². The van der Waals surface area contributed by atoms with E-state index in [-0.39, 0.29) is 16.9 Å². The highest BCUT2D eigenvalue weighted by atomic mass is 16.6. The van der Waals surface area contributed by atoms with Gasteiger partial charge in [0.2, 0.25) is 0 Å². The van der Waals surface area contributed by atoms with Crippen LogP contribution in [0.5, 0.6) is 5.75 Å². The third-order valence-corrected chi connectivity index (χ3v) is 6.36. The third kappa shape index (κ3) is 6.54. The summed E-state index contributed by atoms with van der Waals surface area (Å²) >= 11 is 0. The van der Waals surface area contributed by atoms with E-state index in [1.165, 1.54) is 12.1 Å². The number of aryl methyl sites for hydroxylation is 1. The average molecular weight is 548 g/mol. The lowest BCUT2D eigenvalue weighted by molar-refractivity contribution is -0.385. The number of fused-ring (bicyclic) bond motifs is 1. The fourth-order valence-electron chi connectivity index (χ4n) is 4.24. The molecule has 5 aromatic rings. The van der Waals surface area contributed by atoms with Gasteiger partial charge in [0, 0.05) is 28.3 Å². The number of nitro groups is 1. The van der Waals surface area contributed by atoms with Gasteiger partial charge in [-0.1, -0.05) is 54.6 Å². The summed E-state index contributed by atoms with van der Waals surface area (Å²) in [6.45, 7) is 1.48. The third-order valence-electron chi connectivity index (χ3n) is 6.36. The molecule has 0 fully saturated rings. The average Bonchev–Trinajstić information content (AvgIpc) is 3.00. The molecule has 0 unspecified atom stereocenters. The van der Waals surface area contributed by atoms with Crippen LogP contribution in [0.25, 0.3) is 22.2 Å². The Morgan fingerprint density at radius 1 is 0.902 bits per heavy atom. The van der Waals surface area contributed by atoms with Crippen LogP contribution in [0.4, 0.5) is 11.4 Å². The molecule has 0 aliphatic carbocycles. The van der Waals surface area contributed by atoms with Crippen LogP contribution in [0.15, 0.2) is 103 Å². The van der Waals surface area contributed by atoms with Gasteiger partial charge in [-0.25, -0.2) is 9.78 Å². The van der Waals surface area contributed by atoms with Crippen molar-refractivity contribution in [1.29, 1.82) is 0 Å². The number of amides is 1. The monoisotopic (exact) mass is 547 g/mol. The molecule has 41 heavy (non-hydrogen) atoms. The zero-order valence-corrected chi connectivity index (χ0v) is 22.1. The number of nitro benzene ring substituents is 1. The highest BCUT2D eigenvalue weighted by Crippen LogP contribution is 2.27. The molecule has 5 rings (SSSR count). The molecule has 0 saturated heterocycles. The Kier molecular flexibility index (Phi) is 7.96. The van der Waals surface area contributed by atoms with E-state index >= 15 is 0 Å². The van der Waals surface area contributed by atoms with Gasteiger partial charge in [0.1, 0.15) is 12.4 Å². The highest BCUT2D eigenvalue weighted by molar-refractivity contribution is 6.05. The van der Waals surface area contributed by atoms with Gasteiger partial charge in [0.25, 0.3) is 11.6 Å². The molecule has 0 radical (unpaired) electrons. The van der Waals surface area contributed by atoms with Crippen molar-refractivity contribution < 1.29 is 24.0 Å². The molecule has 0 atom stereocenters. The van der Waals surface area contributed by atoms with Crippen molar-refractivity contribution >= 4 is 34.2 Å². The minimum atomic E-state index is -0.697. The summed E-state index contributed by atoms with van der Waals surface area (Å²) in [4.78, 5) is 40.9. The molecule has 0 aliphatic rings. The van der Waals surface area contributed by atoms with Gasteiger partial charge in [-0.15, -0.1) is 0 Å². The number of hydrogen-bond donors (Lipinski definition) is 1. The van der Waals surface area contributed by atoms with Crippen LogP contribution in [-0.2, 0) is 16.1 Å².